The summed E-state index contributed by atoms with van der Waals surface area (Å²) in [6.07, 6.45) is 0. The van der Waals surface area contributed by atoms with Crippen LogP contribution in [0, 0.1) is 11.8 Å². The summed E-state index contributed by atoms with van der Waals surface area (Å²) in [5.74, 6) is 5.26. The zero-order valence-electron chi connectivity index (χ0n) is 15.4. The lowest BCUT2D eigenvalue weighted by atomic mass is 10.1. The van der Waals surface area contributed by atoms with Gasteiger partial charge in [-0.15, -0.1) is 0 Å². The molecule has 138 valence electrons. The Kier molecular flexibility index (Phi) is 6.22. The topological polar surface area (TPSA) is 55.4 Å². The summed E-state index contributed by atoms with van der Waals surface area (Å²) >= 11 is 0. The summed E-state index contributed by atoms with van der Waals surface area (Å²) in [5.41, 5.74) is 2.82. The molecule has 0 spiro atoms. The van der Waals surface area contributed by atoms with Crippen LogP contribution in [0.25, 0.3) is 0 Å². The molecular weight excluding hydrogens is 350 g/mol. The Balaban J connectivity index is 1.73. The van der Waals surface area contributed by atoms with Crippen LogP contribution in [0.3, 0.4) is 0 Å². The molecule has 0 radical (unpaired) electrons. The Morgan fingerprint density at radius 2 is 1.32 bits per heavy atom. The first-order valence-electron chi connectivity index (χ1n) is 8.78. The number of nitrogens with one attached hydrogen (secondary N) is 1. The quantitative estimate of drug-likeness (QED) is 0.563. The van der Waals surface area contributed by atoms with E-state index in [0.29, 0.717) is 11.1 Å². The SMILES string of the molecule is COC(=O)[C@@H](NC(=O)c1ccc(C#Cc2ccccc2)cc1)c1ccccc1. The highest BCUT2D eigenvalue weighted by Gasteiger charge is 2.23. The van der Waals surface area contributed by atoms with Crippen molar-refractivity contribution in [3.63, 3.8) is 0 Å². The Morgan fingerprint density at radius 3 is 1.89 bits per heavy atom. The van der Waals surface area contributed by atoms with Crippen LogP contribution < -0.4 is 5.32 Å². The van der Waals surface area contributed by atoms with E-state index in [1.54, 1.807) is 48.5 Å². The van der Waals surface area contributed by atoms with Gasteiger partial charge in [-0.1, -0.05) is 60.4 Å². The van der Waals surface area contributed by atoms with Crippen LogP contribution >= 0.6 is 0 Å². The van der Waals surface area contributed by atoms with Gasteiger partial charge in [-0.2, -0.15) is 0 Å². The summed E-state index contributed by atoms with van der Waals surface area (Å²) in [6.45, 7) is 0. The zero-order valence-corrected chi connectivity index (χ0v) is 15.4. The molecule has 0 heterocycles. The van der Waals surface area contributed by atoms with E-state index >= 15 is 0 Å². The second kappa shape index (κ2) is 9.20. The maximum Gasteiger partial charge on any atom is 0.333 e. The van der Waals surface area contributed by atoms with Gasteiger partial charge in [0.1, 0.15) is 0 Å². The van der Waals surface area contributed by atoms with Crippen LogP contribution in [0.5, 0.6) is 0 Å². The summed E-state index contributed by atoms with van der Waals surface area (Å²) in [5, 5.41) is 2.73. The van der Waals surface area contributed by atoms with Gasteiger partial charge in [0.25, 0.3) is 5.91 Å². The Labute approximate surface area is 164 Å². The van der Waals surface area contributed by atoms with Gasteiger partial charge in [-0.25, -0.2) is 4.79 Å². The highest BCUT2D eigenvalue weighted by atomic mass is 16.5. The van der Waals surface area contributed by atoms with Gasteiger partial charge in [0, 0.05) is 16.7 Å². The van der Waals surface area contributed by atoms with E-state index in [0.717, 1.165) is 11.1 Å². The second-order valence-corrected chi connectivity index (χ2v) is 6.03. The number of esters is 1. The summed E-state index contributed by atoms with van der Waals surface area (Å²) in [6, 6.07) is 24.7. The van der Waals surface area contributed by atoms with Crippen molar-refractivity contribution in [2.24, 2.45) is 0 Å². The molecular formula is C24H19NO3. The van der Waals surface area contributed by atoms with E-state index in [1.165, 1.54) is 7.11 Å². The van der Waals surface area contributed by atoms with Crippen molar-refractivity contribution >= 4 is 11.9 Å². The maximum atomic E-state index is 12.6. The number of hydrogen-bond acceptors (Lipinski definition) is 3. The molecule has 4 heteroatoms. The smallest absolute Gasteiger partial charge is 0.333 e. The van der Waals surface area contributed by atoms with Crippen molar-refractivity contribution in [2.45, 2.75) is 6.04 Å². The predicted molar refractivity (Wildman–Crippen MR) is 108 cm³/mol. The summed E-state index contributed by atoms with van der Waals surface area (Å²) < 4.78 is 4.82. The average molecular weight is 369 g/mol. The molecule has 0 fully saturated rings. The van der Waals surface area contributed by atoms with Gasteiger partial charge in [0.05, 0.1) is 7.11 Å². The Bertz CT molecular complexity index is 1000. The van der Waals surface area contributed by atoms with Gasteiger partial charge in [0.2, 0.25) is 0 Å². The van der Waals surface area contributed by atoms with Gasteiger partial charge in [-0.3, -0.25) is 4.79 Å². The standard InChI is InChI=1S/C24H19NO3/c1-28-24(27)22(20-10-6-3-7-11-20)25-23(26)21-16-14-19(15-17-21)13-12-18-8-4-2-5-9-18/h2-11,14-17,22H,1H3,(H,25,26)/t22-/m0/s1. The minimum absolute atomic E-state index is 0.359. The van der Waals surface area contributed by atoms with Crippen LogP contribution in [0.1, 0.15) is 33.1 Å². The monoisotopic (exact) mass is 369 g/mol. The van der Waals surface area contributed by atoms with Crippen LogP contribution in [0.2, 0.25) is 0 Å². The van der Waals surface area contributed by atoms with E-state index in [2.05, 4.69) is 17.2 Å². The van der Waals surface area contributed by atoms with Crippen molar-refractivity contribution in [3.8, 4) is 11.8 Å². The van der Waals surface area contributed by atoms with Gasteiger partial charge < -0.3 is 10.1 Å². The normalized spacial score (nSPS) is 10.9. The molecule has 0 aliphatic carbocycles. The minimum Gasteiger partial charge on any atom is -0.467 e. The average Bonchev–Trinajstić information content (AvgIpc) is 2.77. The molecule has 4 nitrogen and oxygen atoms in total. The van der Waals surface area contributed by atoms with Crippen LogP contribution in [0.4, 0.5) is 0 Å². The molecule has 0 aromatic heterocycles. The Morgan fingerprint density at radius 1 is 0.786 bits per heavy atom. The molecule has 28 heavy (non-hydrogen) atoms. The molecule has 0 saturated carbocycles. The van der Waals surface area contributed by atoms with Crippen molar-refractivity contribution in [1.82, 2.24) is 5.32 Å². The fourth-order valence-electron chi connectivity index (χ4n) is 2.63. The lowest BCUT2D eigenvalue weighted by molar-refractivity contribution is -0.143. The number of rotatable bonds is 4. The third-order valence-electron chi connectivity index (χ3n) is 4.12. The van der Waals surface area contributed by atoms with Gasteiger partial charge in [0.15, 0.2) is 6.04 Å². The predicted octanol–water partition coefficient (Wildman–Crippen LogP) is 3.73. The molecule has 0 saturated heterocycles. The molecule has 3 aromatic rings. The molecule has 3 rings (SSSR count). The van der Waals surface area contributed by atoms with E-state index in [9.17, 15) is 9.59 Å². The fourth-order valence-corrected chi connectivity index (χ4v) is 2.63. The van der Waals surface area contributed by atoms with E-state index in [1.807, 2.05) is 36.4 Å². The van der Waals surface area contributed by atoms with Crippen molar-refractivity contribution < 1.29 is 14.3 Å². The largest absolute Gasteiger partial charge is 0.467 e. The first-order valence-corrected chi connectivity index (χ1v) is 8.78. The summed E-state index contributed by atoms with van der Waals surface area (Å²) in [4.78, 5) is 24.7. The third-order valence-corrected chi connectivity index (χ3v) is 4.12. The molecule has 1 atom stereocenters. The molecule has 0 unspecified atom stereocenters. The lowest BCUT2D eigenvalue weighted by Gasteiger charge is -2.17. The zero-order chi connectivity index (χ0) is 19.8. The summed E-state index contributed by atoms with van der Waals surface area (Å²) in [7, 11) is 1.30. The Hall–Kier alpha value is -3.84. The highest BCUT2D eigenvalue weighted by Crippen LogP contribution is 2.15. The molecule has 0 aliphatic heterocycles. The highest BCUT2D eigenvalue weighted by molar-refractivity contribution is 5.97. The number of benzene rings is 3. The number of amides is 1. The van der Waals surface area contributed by atoms with Crippen molar-refractivity contribution in [2.75, 3.05) is 7.11 Å². The fraction of sp³-hybridized carbons (Fsp3) is 0.0833. The van der Waals surface area contributed by atoms with E-state index < -0.39 is 12.0 Å². The number of ether oxygens (including phenoxy) is 1. The van der Waals surface area contributed by atoms with Gasteiger partial charge >= 0.3 is 5.97 Å². The molecule has 1 amide bonds. The number of carbonyl (C=O) groups excluding carboxylic acids is 2. The molecule has 0 aliphatic rings. The van der Waals surface area contributed by atoms with Crippen molar-refractivity contribution in [1.29, 1.82) is 0 Å². The molecule has 1 N–H and O–H groups in total. The third kappa shape index (κ3) is 4.87. The van der Waals surface area contributed by atoms with E-state index in [-0.39, 0.29) is 5.91 Å². The second-order valence-electron chi connectivity index (χ2n) is 6.03. The number of carbonyl (C=O) groups is 2. The first kappa shape index (κ1) is 18.9. The van der Waals surface area contributed by atoms with Crippen LogP contribution in [0.15, 0.2) is 84.9 Å². The van der Waals surface area contributed by atoms with Gasteiger partial charge in [-0.05, 0) is 42.0 Å². The first-order chi connectivity index (χ1) is 13.7. The molecule has 3 aromatic carbocycles. The van der Waals surface area contributed by atoms with E-state index in [4.69, 9.17) is 4.74 Å². The minimum atomic E-state index is -0.865. The van der Waals surface area contributed by atoms with Crippen LogP contribution in [-0.4, -0.2) is 19.0 Å². The number of methoxy groups -OCH3 is 1. The van der Waals surface area contributed by atoms with Crippen molar-refractivity contribution in [3.05, 3.63) is 107 Å². The lowest BCUT2D eigenvalue weighted by Crippen LogP contribution is -2.34. The maximum absolute atomic E-state index is 12.6. The van der Waals surface area contributed by atoms with Crippen LogP contribution in [-0.2, 0) is 9.53 Å². The molecule has 0 bridgehead atoms. The number of hydrogen-bond donors (Lipinski definition) is 1.